The van der Waals surface area contributed by atoms with Crippen LogP contribution in [-0.2, 0) is 16.0 Å². The normalized spacial score (nSPS) is 12.8. The van der Waals surface area contributed by atoms with E-state index in [1.807, 2.05) is 6.07 Å². The van der Waals surface area contributed by atoms with E-state index in [2.05, 4.69) is 15.4 Å². The number of rotatable bonds is 4. The lowest BCUT2D eigenvalue weighted by Gasteiger charge is -2.18. The highest BCUT2D eigenvalue weighted by Gasteiger charge is 2.19. The molecule has 0 unspecified atom stereocenters. The maximum Gasteiger partial charge on any atom is 0.338 e. The van der Waals surface area contributed by atoms with E-state index in [0.717, 1.165) is 11.3 Å². The molecule has 2 N–H and O–H groups in total. The fraction of sp³-hybridized carbons (Fsp3) is 0.176. The quantitative estimate of drug-likeness (QED) is 0.502. The SMILES string of the molecule is COC(=O)c1ccc(Nc2ccc3c(c2)CCC(=O)N3)c([N+](=O)[O-])c1. The van der Waals surface area contributed by atoms with Gasteiger partial charge in [0.25, 0.3) is 5.69 Å². The second-order valence-electron chi connectivity index (χ2n) is 5.53. The molecule has 0 atom stereocenters. The minimum absolute atomic E-state index is 0.0257. The number of nitrogens with one attached hydrogen (secondary N) is 2. The zero-order valence-corrected chi connectivity index (χ0v) is 13.4. The van der Waals surface area contributed by atoms with Crippen molar-refractivity contribution in [3.8, 4) is 0 Å². The Morgan fingerprint density at radius 3 is 2.76 bits per heavy atom. The molecule has 2 aromatic carbocycles. The molecule has 128 valence electrons. The minimum Gasteiger partial charge on any atom is -0.465 e. The third kappa shape index (κ3) is 3.42. The van der Waals surface area contributed by atoms with Gasteiger partial charge in [0.05, 0.1) is 17.6 Å². The van der Waals surface area contributed by atoms with Gasteiger partial charge in [-0.15, -0.1) is 0 Å². The molecule has 2 aromatic rings. The summed E-state index contributed by atoms with van der Waals surface area (Å²) in [5.41, 5.74) is 2.50. The molecule has 1 amide bonds. The summed E-state index contributed by atoms with van der Waals surface area (Å²) in [7, 11) is 1.21. The minimum atomic E-state index is -0.640. The number of ether oxygens (including phenoxy) is 1. The Hall–Kier alpha value is -3.42. The number of hydrogen-bond acceptors (Lipinski definition) is 6. The lowest BCUT2D eigenvalue weighted by Crippen LogP contribution is -2.18. The van der Waals surface area contributed by atoms with Crippen molar-refractivity contribution in [2.24, 2.45) is 0 Å². The second kappa shape index (κ2) is 6.60. The number of anilines is 3. The van der Waals surface area contributed by atoms with Crippen LogP contribution in [0.25, 0.3) is 0 Å². The highest BCUT2D eigenvalue weighted by Crippen LogP contribution is 2.31. The van der Waals surface area contributed by atoms with Crippen molar-refractivity contribution in [1.82, 2.24) is 0 Å². The van der Waals surface area contributed by atoms with Crippen molar-refractivity contribution >= 4 is 34.6 Å². The van der Waals surface area contributed by atoms with E-state index >= 15 is 0 Å². The molecule has 0 radical (unpaired) electrons. The van der Waals surface area contributed by atoms with Gasteiger partial charge in [-0.2, -0.15) is 0 Å². The van der Waals surface area contributed by atoms with E-state index in [0.29, 0.717) is 18.5 Å². The lowest BCUT2D eigenvalue weighted by molar-refractivity contribution is -0.383. The van der Waals surface area contributed by atoms with Gasteiger partial charge in [0.15, 0.2) is 0 Å². The van der Waals surface area contributed by atoms with Crippen molar-refractivity contribution in [3.05, 3.63) is 57.6 Å². The number of fused-ring (bicyclic) bond motifs is 1. The van der Waals surface area contributed by atoms with Crippen molar-refractivity contribution in [2.45, 2.75) is 12.8 Å². The fourth-order valence-corrected chi connectivity index (χ4v) is 2.65. The first-order valence-corrected chi connectivity index (χ1v) is 7.54. The van der Waals surface area contributed by atoms with Gasteiger partial charge in [-0.25, -0.2) is 4.79 Å². The maximum atomic E-state index is 11.5. The van der Waals surface area contributed by atoms with E-state index in [1.165, 1.54) is 25.3 Å². The molecule has 25 heavy (non-hydrogen) atoms. The topological polar surface area (TPSA) is 111 Å². The van der Waals surface area contributed by atoms with Crippen LogP contribution in [0.1, 0.15) is 22.3 Å². The van der Waals surface area contributed by atoms with Crippen LogP contribution in [-0.4, -0.2) is 23.9 Å². The molecule has 0 aromatic heterocycles. The van der Waals surface area contributed by atoms with Crippen molar-refractivity contribution in [1.29, 1.82) is 0 Å². The van der Waals surface area contributed by atoms with Crippen LogP contribution in [0.4, 0.5) is 22.7 Å². The van der Waals surface area contributed by atoms with Crippen LogP contribution in [0, 0.1) is 10.1 Å². The Balaban J connectivity index is 1.91. The Morgan fingerprint density at radius 1 is 1.24 bits per heavy atom. The van der Waals surface area contributed by atoms with Gasteiger partial charge in [0.2, 0.25) is 5.91 Å². The van der Waals surface area contributed by atoms with Gasteiger partial charge in [-0.05, 0) is 42.3 Å². The summed E-state index contributed by atoms with van der Waals surface area (Å²) in [6, 6.07) is 9.41. The van der Waals surface area contributed by atoms with E-state index in [-0.39, 0.29) is 22.8 Å². The van der Waals surface area contributed by atoms with E-state index < -0.39 is 10.9 Å². The summed E-state index contributed by atoms with van der Waals surface area (Å²) < 4.78 is 4.58. The Kier molecular flexibility index (Phi) is 4.34. The molecule has 8 nitrogen and oxygen atoms in total. The molecule has 8 heteroatoms. The van der Waals surface area contributed by atoms with Gasteiger partial charge in [-0.1, -0.05) is 0 Å². The number of carbonyl (C=O) groups is 2. The molecule has 0 aliphatic carbocycles. The molecule has 0 saturated heterocycles. The van der Waals surface area contributed by atoms with E-state index in [9.17, 15) is 19.7 Å². The summed E-state index contributed by atoms with van der Waals surface area (Å²) in [5.74, 6) is -0.665. The van der Waals surface area contributed by atoms with Crippen LogP contribution < -0.4 is 10.6 Å². The number of nitro benzene ring substituents is 1. The number of nitrogens with zero attached hydrogens (tertiary/aromatic N) is 1. The lowest BCUT2D eigenvalue weighted by atomic mass is 10.0. The second-order valence-corrected chi connectivity index (χ2v) is 5.53. The molecule has 0 spiro atoms. The number of benzene rings is 2. The van der Waals surface area contributed by atoms with Crippen molar-refractivity contribution in [2.75, 3.05) is 17.7 Å². The Bertz CT molecular complexity index is 879. The van der Waals surface area contributed by atoms with Crippen LogP contribution in [0.15, 0.2) is 36.4 Å². The molecule has 1 aliphatic heterocycles. The van der Waals surface area contributed by atoms with E-state index in [1.54, 1.807) is 12.1 Å². The molecule has 1 heterocycles. The van der Waals surface area contributed by atoms with Crippen molar-refractivity contribution in [3.63, 3.8) is 0 Å². The number of hydrogen-bond donors (Lipinski definition) is 2. The molecule has 3 rings (SSSR count). The standard InChI is InChI=1S/C17H15N3O5/c1-25-17(22)11-2-5-14(15(9-11)20(23)24)18-12-4-6-13-10(8-12)3-7-16(21)19-13/h2,4-6,8-9,18H,3,7H2,1H3,(H,19,21). The fourth-order valence-electron chi connectivity index (χ4n) is 2.65. The van der Waals surface area contributed by atoms with Gasteiger partial charge in [0.1, 0.15) is 5.69 Å². The zero-order valence-electron chi connectivity index (χ0n) is 13.4. The summed E-state index contributed by atoms with van der Waals surface area (Å²) in [6.45, 7) is 0. The first-order chi connectivity index (χ1) is 12.0. The zero-order chi connectivity index (χ0) is 18.0. The van der Waals surface area contributed by atoms with Crippen molar-refractivity contribution < 1.29 is 19.2 Å². The first-order valence-electron chi connectivity index (χ1n) is 7.54. The van der Waals surface area contributed by atoms with Crippen LogP contribution >= 0.6 is 0 Å². The molecular weight excluding hydrogens is 326 g/mol. The van der Waals surface area contributed by atoms with Crippen LogP contribution in [0.2, 0.25) is 0 Å². The third-order valence-corrected chi connectivity index (χ3v) is 3.90. The Labute approximate surface area is 142 Å². The molecule has 0 bridgehead atoms. The van der Waals surface area contributed by atoms with Crippen LogP contribution in [0.5, 0.6) is 0 Å². The van der Waals surface area contributed by atoms with Gasteiger partial charge >= 0.3 is 5.97 Å². The van der Waals surface area contributed by atoms with Gasteiger partial charge in [-0.3, -0.25) is 14.9 Å². The van der Waals surface area contributed by atoms with Crippen LogP contribution in [0.3, 0.4) is 0 Å². The predicted octanol–water partition coefficient (Wildman–Crippen LogP) is 3.01. The van der Waals surface area contributed by atoms with Gasteiger partial charge in [0, 0.05) is 23.9 Å². The number of methoxy groups -OCH3 is 1. The highest BCUT2D eigenvalue weighted by molar-refractivity contribution is 5.94. The predicted molar refractivity (Wildman–Crippen MR) is 91.1 cm³/mol. The monoisotopic (exact) mass is 341 g/mol. The molecule has 1 aliphatic rings. The number of nitro groups is 1. The average Bonchev–Trinajstić information content (AvgIpc) is 2.61. The molecule has 0 saturated carbocycles. The number of amides is 1. The number of esters is 1. The highest BCUT2D eigenvalue weighted by atomic mass is 16.6. The number of aryl methyl sites for hydroxylation is 1. The summed E-state index contributed by atoms with van der Waals surface area (Å²) >= 11 is 0. The summed E-state index contributed by atoms with van der Waals surface area (Å²) in [6.07, 6.45) is 1.02. The average molecular weight is 341 g/mol. The summed E-state index contributed by atoms with van der Waals surface area (Å²) in [5, 5.41) is 17.1. The Morgan fingerprint density at radius 2 is 2.04 bits per heavy atom. The smallest absolute Gasteiger partial charge is 0.338 e. The third-order valence-electron chi connectivity index (χ3n) is 3.90. The summed E-state index contributed by atoms with van der Waals surface area (Å²) in [4.78, 5) is 33.7. The van der Waals surface area contributed by atoms with Gasteiger partial charge < -0.3 is 15.4 Å². The first kappa shape index (κ1) is 16.4. The maximum absolute atomic E-state index is 11.5. The largest absolute Gasteiger partial charge is 0.465 e. The molecular formula is C17H15N3O5. The number of carbonyl (C=O) groups excluding carboxylic acids is 2. The van der Waals surface area contributed by atoms with E-state index in [4.69, 9.17) is 0 Å². The molecule has 0 fully saturated rings.